The van der Waals surface area contributed by atoms with E-state index in [2.05, 4.69) is 20.3 Å². The summed E-state index contributed by atoms with van der Waals surface area (Å²) in [6, 6.07) is 7.19. The molecule has 20 heavy (non-hydrogen) atoms. The maximum Gasteiger partial charge on any atom is 0.0890 e. The molecule has 0 aliphatic heterocycles. The van der Waals surface area contributed by atoms with Gasteiger partial charge in [-0.1, -0.05) is 12.1 Å². The fourth-order valence-corrected chi connectivity index (χ4v) is 1.31. The average molecular weight is 272 g/mol. The van der Waals surface area contributed by atoms with E-state index in [1.54, 1.807) is 39.8 Å². The zero-order valence-electron chi connectivity index (χ0n) is 11.9. The summed E-state index contributed by atoms with van der Waals surface area (Å²) in [5, 5.41) is 26.7. The Morgan fingerprint density at radius 3 is 1.35 bits per heavy atom. The van der Waals surface area contributed by atoms with Gasteiger partial charge in [-0.05, 0) is 39.8 Å². The van der Waals surface area contributed by atoms with E-state index in [4.69, 9.17) is 0 Å². The van der Waals surface area contributed by atoms with E-state index >= 15 is 0 Å². The van der Waals surface area contributed by atoms with E-state index < -0.39 is 0 Å². The lowest BCUT2D eigenvalue weighted by molar-refractivity contribution is 1.43. The molecule has 0 amide bonds. The van der Waals surface area contributed by atoms with Crippen molar-refractivity contribution in [3.8, 4) is 0 Å². The summed E-state index contributed by atoms with van der Waals surface area (Å²) in [5.74, 6) is 0. The second-order valence-corrected chi connectivity index (χ2v) is 4.24. The molecule has 6 nitrogen and oxygen atoms in total. The van der Waals surface area contributed by atoms with Crippen molar-refractivity contribution >= 4 is 34.2 Å². The first-order chi connectivity index (χ1) is 9.49. The van der Waals surface area contributed by atoms with E-state index in [9.17, 15) is 10.4 Å². The first-order valence-corrected chi connectivity index (χ1v) is 6.03. The highest BCUT2D eigenvalue weighted by molar-refractivity contribution is 6.42. The number of benzene rings is 1. The molecule has 0 N–H and O–H groups in total. The van der Waals surface area contributed by atoms with Gasteiger partial charge in [-0.15, -0.1) is 0 Å². The minimum Gasteiger partial charge on any atom is -0.792 e. The van der Waals surface area contributed by atoms with Crippen LogP contribution in [0.2, 0.25) is 0 Å². The molecule has 0 radical (unpaired) electrons. The maximum atomic E-state index is 10.5. The third-order valence-corrected chi connectivity index (χ3v) is 2.78. The van der Waals surface area contributed by atoms with Crippen molar-refractivity contribution in [1.29, 1.82) is 0 Å². The third kappa shape index (κ3) is 4.01. The lowest BCUT2D eigenvalue weighted by Gasteiger charge is -2.06. The van der Waals surface area contributed by atoms with Crippen molar-refractivity contribution in [2.45, 2.75) is 27.7 Å². The van der Waals surface area contributed by atoms with Gasteiger partial charge < -0.3 is 20.7 Å². The highest BCUT2D eigenvalue weighted by Crippen LogP contribution is 2.27. The average Bonchev–Trinajstić information content (AvgIpc) is 2.47. The van der Waals surface area contributed by atoms with Crippen molar-refractivity contribution in [2.24, 2.45) is 20.3 Å². The van der Waals surface area contributed by atoms with Gasteiger partial charge in [-0.2, -0.15) is 0 Å². The van der Waals surface area contributed by atoms with Gasteiger partial charge >= 0.3 is 0 Å². The molecule has 106 valence electrons. The van der Waals surface area contributed by atoms with Crippen molar-refractivity contribution in [2.75, 3.05) is 0 Å². The Labute approximate surface area is 117 Å². The van der Waals surface area contributed by atoms with Gasteiger partial charge in [0.05, 0.1) is 22.8 Å². The summed E-state index contributed by atoms with van der Waals surface area (Å²) in [7, 11) is 0. The lowest BCUT2D eigenvalue weighted by atomic mass is 10.2. The molecule has 0 aromatic heterocycles. The predicted octanol–water partition coefficient (Wildman–Crippen LogP) is 3.79. The Morgan fingerprint density at radius 1 is 0.700 bits per heavy atom. The SMILES string of the molecule is CC(=Nc1ccccc1N=C(C)/C(C)=N/[O-])/C(C)=N/[O-]. The van der Waals surface area contributed by atoms with E-state index in [0.717, 1.165) is 0 Å². The van der Waals surface area contributed by atoms with E-state index in [0.29, 0.717) is 34.2 Å². The lowest BCUT2D eigenvalue weighted by Crippen LogP contribution is -2.05. The van der Waals surface area contributed by atoms with Gasteiger partial charge in [0, 0.05) is 11.4 Å². The molecule has 1 rings (SSSR count). The van der Waals surface area contributed by atoms with Crippen LogP contribution in [0.25, 0.3) is 0 Å². The Kier molecular flexibility index (Phi) is 5.58. The summed E-state index contributed by atoms with van der Waals surface area (Å²) in [6.07, 6.45) is 0. The summed E-state index contributed by atoms with van der Waals surface area (Å²) < 4.78 is 0. The van der Waals surface area contributed by atoms with Crippen LogP contribution in [0.15, 0.2) is 44.6 Å². The first kappa shape index (κ1) is 15.6. The molecule has 1 aromatic carbocycles. The normalized spacial score (nSPS) is 14.6. The Balaban J connectivity index is 3.26. The molecule has 0 aliphatic rings. The van der Waals surface area contributed by atoms with Crippen LogP contribution in [0.1, 0.15) is 27.7 Å². The van der Waals surface area contributed by atoms with Crippen LogP contribution in [-0.2, 0) is 0 Å². The van der Waals surface area contributed by atoms with E-state index in [-0.39, 0.29) is 0 Å². The van der Waals surface area contributed by atoms with Gasteiger partial charge in [-0.25, -0.2) is 9.98 Å². The molecule has 0 fully saturated rings. The van der Waals surface area contributed by atoms with Crippen molar-refractivity contribution in [3.05, 3.63) is 34.7 Å². The number of nitrogens with zero attached hydrogens (tertiary/aromatic N) is 4. The monoisotopic (exact) mass is 272 g/mol. The van der Waals surface area contributed by atoms with E-state index in [1.807, 2.05) is 12.1 Å². The molecule has 6 heteroatoms. The molecule has 0 aliphatic carbocycles. The third-order valence-electron chi connectivity index (χ3n) is 2.78. The highest BCUT2D eigenvalue weighted by atomic mass is 16.4. The van der Waals surface area contributed by atoms with Crippen LogP contribution in [-0.4, -0.2) is 22.8 Å². The summed E-state index contributed by atoms with van der Waals surface area (Å²) in [6.45, 7) is 6.59. The second kappa shape index (κ2) is 7.18. The van der Waals surface area contributed by atoms with Crippen LogP contribution in [0.3, 0.4) is 0 Å². The molecule has 0 unspecified atom stereocenters. The second-order valence-electron chi connectivity index (χ2n) is 4.24. The number of rotatable bonds is 4. The Morgan fingerprint density at radius 2 is 1.05 bits per heavy atom. The topological polar surface area (TPSA) is 95.6 Å². The highest BCUT2D eigenvalue weighted by Gasteiger charge is 2.03. The smallest absolute Gasteiger partial charge is 0.0890 e. The van der Waals surface area contributed by atoms with Gasteiger partial charge in [0.2, 0.25) is 0 Å². The molecule has 1 aromatic rings. The fraction of sp³-hybridized carbons (Fsp3) is 0.286. The number of aliphatic imine (C=N–C) groups is 2. The molecular formula is C14H16N4O2-2. The zero-order chi connectivity index (χ0) is 15.1. The number of para-hydroxylation sites is 2. The van der Waals surface area contributed by atoms with Crippen LogP contribution >= 0.6 is 0 Å². The molecule has 0 bridgehead atoms. The van der Waals surface area contributed by atoms with Crippen molar-refractivity contribution in [3.63, 3.8) is 0 Å². The molecule has 0 atom stereocenters. The molecule has 0 spiro atoms. The predicted molar refractivity (Wildman–Crippen MR) is 84.9 cm³/mol. The standard InChI is InChI=1S/C14H18N4O2/c1-9(11(3)17-19)15-13-7-5-6-8-14(13)16-10(2)12(4)18-20/h5-8,19-20H,1-4H3/p-2/b15-9?,16-10?,17-11+,18-12+. The number of hydrogen-bond acceptors (Lipinski definition) is 6. The van der Waals surface area contributed by atoms with Gasteiger partial charge in [-0.3, -0.25) is 0 Å². The zero-order valence-corrected chi connectivity index (χ0v) is 11.9. The van der Waals surface area contributed by atoms with E-state index in [1.165, 1.54) is 0 Å². The Bertz CT molecular complexity index is 548. The van der Waals surface area contributed by atoms with Crippen molar-refractivity contribution in [1.82, 2.24) is 0 Å². The summed E-state index contributed by atoms with van der Waals surface area (Å²) in [4.78, 5) is 8.66. The van der Waals surface area contributed by atoms with Gasteiger partial charge in [0.1, 0.15) is 0 Å². The maximum absolute atomic E-state index is 10.5. The molecule has 0 saturated heterocycles. The van der Waals surface area contributed by atoms with Crippen molar-refractivity contribution < 1.29 is 0 Å². The fourth-order valence-electron chi connectivity index (χ4n) is 1.31. The Hall–Kier alpha value is -2.50. The minimum atomic E-state index is 0.317. The van der Waals surface area contributed by atoms with Crippen LogP contribution in [0, 0.1) is 10.4 Å². The molecule has 0 heterocycles. The van der Waals surface area contributed by atoms with Crippen LogP contribution in [0.4, 0.5) is 11.4 Å². The van der Waals surface area contributed by atoms with Crippen LogP contribution in [0.5, 0.6) is 0 Å². The van der Waals surface area contributed by atoms with Gasteiger partial charge in [0.25, 0.3) is 0 Å². The van der Waals surface area contributed by atoms with Gasteiger partial charge in [0.15, 0.2) is 0 Å². The van der Waals surface area contributed by atoms with Crippen LogP contribution < -0.4 is 0 Å². The largest absolute Gasteiger partial charge is 0.792 e. The summed E-state index contributed by atoms with van der Waals surface area (Å²) in [5.41, 5.74) is 2.89. The molecular weight excluding hydrogens is 256 g/mol. The number of hydrogen-bond donors (Lipinski definition) is 0. The molecule has 0 saturated carbocycles. The first-order valence-electron chi connectivity index (χ1n) is 6.03. The quantitative estimate of drug-likeness (QED) is 0.615. The summed E-state index contributed by atoms with van der Waals surface area (Å²) >= 11 is 0. The minimum absolute atomic E-state index is 0.317.